The molecule has 0 aliphatic carbocycles. The van der Waals surface area contributed by atoms with E-state index in [1.165, 1.54) is 12.1 Å². The van der Waals surface area contributed by atoms with Gasteiger partial charge in [-0.2, -0.15) is 0 Å². The van der Waals surface area contributed by atoms with Crippen molar-refractivity contribution in [3.63, 3.8) is 0 Å². The highest BCUT2D eigenvalue weighted by atomic mass is 19.2. The zero-order chi connectivity index (χ0) is 20.1. The van der Waals surface area contributed by atoms with Crippen LogP contribution in [0.4, 0.5) is 24.5 Å². The first kappa shape index (κ1) is 19.8. The molecule has 2 aromatic rings. The Labute approximate surface area is 160 Å². The average molecular weight is 391 g/mol. The minimum atomic E-state index is -0.996. The molecule has 0 aromatic heterocycles. The quantitative estimate of drug-likeness (QED) is 0.756. The highest BCUT2D eigenvalue weighted by Crippen LogP contribution is 2.25. The number of nitrogens with one attached hydrogen (secondary N) is 1. The number of aliphatic hydroxyl groups is 1. The van der Waals surface area contributed by atoms with Gasteiger partial charge >= 0.3 is 0 Å². The fourth-order valence-corrected chi connectivity index (χ4v) is 2.72. The van der Waals surface area contributed by atoms with E-state index in [9.17, 15) is 13.2 Å². The van der Waals surface area contributed by atoms with Crippen LogP contribution in [0.2, 0.25) is 0 Å². The molecule has 8 heteroatoms. The second kappa shape index (κ2) is 8.79. The summed E-state index contributed by atoms with van der Waals surface area (Å²) in [4.78, 5) is 6.21. The van der Waals surface area contributed by atoms with Crippen LogP contribution in [0.25, 0.3) is 0 Å². The molecular weight excluding hydrogens is 371 g/mol. The van der Waals surface area contributed by atoms with E-state index >= 15 is 0 Å². The van der Waals surface area contributed by atoms with Crippen molar-refractivity contribution in [2.75, 3.05) is 36.5 Å². The summed E-state index contributed by atoms with van der Waals surface area (Å²) in [6.07, 6.45) is 1.89. The van der Waals surface area contributed by atoms with E-state index in [1.54, 1.807) is 17.0 Å². The van der Waals surface area contributed by atoms with Gasteiger partial charge in [0.05, 0.1) is 12.3 Å². The molecule has 0 spiro atoms. The van der Waals surface area contributed by atoms with Crippen molar-refractivity contribution in [1.82, 2.24) is 0 Å². The molecule has 0 atom stereocenters. The smallest absolute Gasteiger partial charge is 0.162 e. The van der Waals surface area contributed by atoms with E-state index in [4.69, 9.17) is 9.84 Å². The standard InChI is InChI=1S/C20H20F3N3O2/c1-13-6-8-26(14-2-5-19(18(23)10-14)24-7-9-27)20(25-13)12-28-15-3-4-16(21)17(22)11-15/h2-6,10-11,24,27H,7-9,12H2,1H3. The van der Waals surface area contributed by atoms with Crippen molar-refractivity contribution < 1.29 is 23.0 Å². The maximum atomic E-state index is 14.3. The molecule has 3 rings (SSSR count). The third-order valence-corrected chi connectivity index (χ3v) is 4.14. The second-order valence-electron chi connectivity index (χ2n) is 6.16. The fourth-order valence-electron chi connectivity index (χ4n) is 2.72. The lowest BCUT2D eigenvalue weighted by atomic mass is 10.2. The number of allylic oxidation sites excluding steroid dienone is 1. The molecule has 148 valence electrons. The number of nitrogens with zero attached hydrogens (tertiary/aromatic N) is 2. The van der Waals surface area contributed by atoms with Gasteiger partial charge in [0.25, 0.3) is 0 Å². The van der Waals surface area contributed by atoms with Crippen molar-refractivity contribution in [3.8, 4) is 5.75 Å². The lowest BCUT2D eigenvalue weighted by Crippen LogP contribution is -2.37. The Morgan fingerprint density at radius 2 is 1.93 bits per heavy atom. The number of halogens is 3. The minimum Gasteiger partial charge on any atom is -0.486 e. The number of anilines is 2. The number of amidine groups is 1. The van der Waals surface area contributed by atoms with Crippen molar-refractivity contribution in [2.24, 2.45) is 4.99 Å². The molecule has 1 aliphatic heterocycles. The number of aliphatic imine (C=N–C) groups is 1. The first-order chi connectivity index (χ1) is 13.5. The maximum Gasteiger partial charge on any atom is 0.162 e. The monoisotopic (exact) mass is 391 g/mol. The molecular formula is C20H20F3N3O2. The van der Waals surface area contributed by atoms with Gasteiger partial charge in [0, 0.05) is 30.5 Å². The third kappa shape index (κ3) is 4.64. The van der Waals surface area contributed by atoms with Gasteiger partial charge in [-0.25, -0.2) is 18.2 Å². The third-order valence-electron chi connectivity index (χ3n) is 4.14. The largest absolute Gasteiger partial charge is 0.486 e. The molecule has 0 saturated heterocycles. The number of aliphatic hydroxyl groups excluding tert-OH is 1. The van der Waals surface area contributed by atoms with Crippen LogP contribution in [0.5, 0.6) is 5.75 Å². The zero-order valence-electron chi connectivity index (χ0n) is 15.3. The Kier molecular flexibility index (Phi) is 6.20. The van der Waals surface area contributed by atoms with Crippen LogP contribution in [0, 0.1) is 17.5 Å². The van der Waals surface area contributed by atoms with Gasteiger partial charge in [-0.05, 0) is 43.3 Å². The van der Waals surface area contributed by atoms with Gasteiger partial charge in [0.1, 0.15) is 24.0 Å². The Morgan fingerprint density at radius 3 is 2.64 bits per heavy atom. The fraction of sp³-hybridized carbons (Fsp3) is 0.250. The van der Waals surface area contributed by atoms with E-state index in [-0.39, 0.29) is 31.2 Å². The van der Waals surface area contributed by atoms with Crippen molar-refractivity contribution in [1.29, 1.82) is 0 Å². The molecule has 0 fully saturated rings. The minimum absolute atomic E-state index is 0.00237. The van der Waals surface area contributed by atoms with Gasteiger partial charge in [-0.15, -0.1) is 0 Å². The summed E-state index contributed by atoms with van der Waals surface area (Å²) in [5.74, 6) is -1.72. The van der Waals surface area contributed by atoms with Crippen LogP contribution < -0.4 is 15.0 Å². The number of rotatable bonds is 7. The maximum absolute atomic E-state index is 14.3. The second-order valence-corrected chi connectivity index (χ2v) is 6.16. The van der Waals surface area contributed by atoms with Crippen LogP contribution in [0.15, 0.2) is 53.2 Å². The van der Waals surface area contributed by atoms with Crippen molar-refractivity contribution in [3.05, 3.63) is 65.6 Å². The zero-order valence-corrected chi connectivity index (χ0v) is 15.3. The lowest BCUT2D eigenvalue weighted by Gasteiger charge is -2.28. The summed E-state index contributed by atoms with van der Waals surface area (Å²) in [5, 5.41) is 11.6. The van der Waals surface area contributed by atoms with Crippen molar-refractivity contribution >= 4 is 17.2 Å². The molecule has 28 heavy (non-hydrogen) atoms. The number of hydrogen-bond acceptors (Lipinski definition) is 5. The van der Waals surface area contributed by atoms with E-state index in [2.05, 4.69) is 10.3 Å². The Morgan fingerprint density at radius 1 is 1.11 bits per heavy atom. The first-order valence-electron chi connectivity index (χ1n) is 8.72. The highest BCUT2D eigenvalue weighted by molar-refractivity contribution is 6.00. The molecule has 0 unspecified atom stereocenters. The van der Waals surface area contributed by atoms with Crippen LogP contribution in [-0.2, 0) is 0 Å². The molecule has 1 heterocycles. The predicted molar refractivity (Wildman–Crippen MR) is 102 cm³/mol. The highest BCUT2D eigenvalue weighted by Gasteiger charge is 2.19. The van der Waals surface area contributed by atoms with E-state index < -0.39 is 17.5 Å². The van der Waals surface area contributed by atoms with E-state index in [1.807, 2.05) is 13.0 Å². The number of benzene rings is 2. The molecule has 2 N–H and O–H groups in total. The molecule has 0 amide bonds. The predicted octanol–water partition coefficient (Wildman–Crippen LogP) is 3.71. The number of hydrogen-bond donors (Lipinski definition) is 2. The Balaban J connectivity index is 1.77. The molecule has 0 radical (unpaired) electrons. The van der Waals surface area contributed by atoms with Gasteiger partial charge in [0.15, 0.2) is 11.6 Å². The van der Waals surface area contributed by atoms with Gasteiger partial charge in [-0.3, -0.25) is 0 Å². The van der Waals surface area contributed by atoms with Crippen LogP contribution in [-0.4, -0.2) is 37.2 Å². The van der Waals surface area contributed by atoms with Crippen LogP contribution >= 0.6 is 0 Å². The van der Waals surface area contributed by atoms with Gasteiger partial charge in [-0.1, -0.05) is 0 Å². The summed E-state index contributed by atoms with van der Waals surface area (Å²) < 4.78 is 46.3. The Hall–Kier alpha value is -3.00. The average Bonchev–Trinajstić information content (AvgIpc) is 2.68. The van der Waals surface area contributed by atoms with Crippen LogP contribution in [0.3, 0.4) is 0 Å². The normalized spacial score (nSPS) is 13.8. The molecule has 2 aromatic carbocycles. The molecule has 5 nitrogen and oxygen atoms in total. The van der Waals surface area contributed by atoms with E-state index in [0.717, 1.165) is 17.8 Å². The summed E-state index contributed by atoms with van der Waals surface area (Å²) in [7, 11) is 0. The molecule has 0 saturated carbocycles. The Bertz CT molecular complexity index is 916. The summed E-state index contributed by atoms with van der Waals surface area (Å²) in [6, 6.07) is 7.96. The number of ether oxygens (including phenoxy) is 1. The van der Waals surface area contributed by atoms with Gasteiger partial charge < -0.3 is 20.1 Å². The summed E-state index contributed by atoms with van der Waals surface area (Å²) in [5.41, 5.74) is 1.64. The van der Waals surface area contributed by atoms with Gasteiger partial charge in [0.2, 0.25) is 0 Å². The van der Waals surface area contributed by atoms with Crippen molar-refractivity contribution in [2.45, 2.75) is 6.92 Å². The SMILES string of the molecule is CC1=CCN(c2ccc(NCCO)c(F)c2)C(COc2ccc(F)c(F)c2)=N1. The molecule has 1 aliphatic rings. The summed E-state index contributed by atoms with van der Waals surface area (Å²) in [6.45, 7) is 2.45. The molecule has 0 bridgehead atoms. The van der Waals surface area contributed by atoms with Crippen LogP contribution in [0.1, 0.15) is 6.92 Å². The topological polar surface area (TPSA) is 57.1 Å². The lowest BCUT2D eigenvalue weighted by molar-refractivity contribution is 0.311. The van der Waals surface area contributed by atoms with E-state index in [0.29, 0.717) is 18.1 Å². The summed E-state index contributed by atoms with van der Waals surface area (Å²) >= 11 is 0. The first-order valence-corrected chi connectivity index (χ1v) is 8.72.